The average molecular weight is 373 g/mol. The van der Waals surface area contributed by atoms with Gasteiger partial charge in [0.25, 0.3) is 5.91 Å². The van der Waals surface area contributed by atoms with Crippen LogP contribution < -0.4 is 14.8 Å². The second kappa shape index (κ2) is 9.48. The number of fused-ring (bicyclic) bond motifs is 1. The lowest BCUT2D eigenvalue weighted by Crippen LogP contribution is -2.23. The Kier molecular flexibility index (Phi) is 6.54. The topological polar surface area (TPSA) is 47.6 Å². The van der Waals surface area contributed by atoms with Crippen molar-refractivity contribution in [2.45, 2.75) is 20.0 Å². The summed E-state index contributed by atoms with van der Waals surface area (Å²) in [5.74, 6) is 7.23. The van der Waals surface area contributed by atoms with E-state index in [0.29, 0.717) is 5.56 Å². The van der Waals surface area contributed by atoms with E-state index in [2.05, 4.69) is 17.2 Å². The Bertz CT molecular complexity index is 992. The Labute approximate surface area is 165 Å². The summed E-state index contributed by atoms with van der Waals surface area (Å²) in [7, 11) is 0. The summed E-state index contributed by atoms with van der Waals surface area (Å²) in [5.41, 5.74) is 0.574. The third-order valence-electron chi connectivity index (χ3n) is 4.00. The lowest BCUT2D eigenvalue weighted by atomic mass is 10.1. The van der Waals surface area contributed by atoms with E-state index < -0.39 is 0 Å². The van der Waals surface area contributed by atoms with Gasteiger partial charge in [0.05, 0.1) is 12.6 Å². The molecule has 4 heteroatoms. The molecule has 0 unspecified atom stereocenters. The highest BCUT2D eigenvalue weighted by Crippen LogP contribution is 2.24. The van der Waals surface area contributed by atoms with Crippen molar-refractivity contribution in [1.29, 1.82) is 0 Å². The van der Waals surface area contributed by atoms with Crippen molar-refractivity contribution >= 4 is 16.7 Å². The molecule has 0 aliphatic rings. The first-order valence-electron chi connectivity index (χ1n) is 9.24. The molecule has 1 N–H and O–H groups in total. The lowest BCUT2D eigenvalue weighted by molar-refractivity contribution is 0.0958. The van der Waals surface area contributed by atoms with Crippen molar-refractivity contribution in [3.8, 4) is 23.3 Å². The number of nitrogens with one attached hydrogen (secondary N) is 1. The molecule has 1 amide bonds. The minimum Gasteiger partial charge on any atom is -0.491 e. The molecule has 4 nitrogen and oxygen atoms in total. The average Bonchev–Trinajstić information content (AvgIpc) is 2.70. The van der Waals surface area contributed by atoms with Crippen LogP contribution in [0.2, 0.25) is 0 Å². The van der Waals surface area contributed by atoms with Crippen LogP contribution in [-0.4, -0.2) is 25.2 Å². The molecule has 0 heterocycles. The molecule has 0 bridgehead atoms. The minimum atomic E-state index is -0.166. The first-order chi connectivity index (χ1) is 13.6. The molecule has 0 aliphatic heterocycles. The molecule has 0 radical (unpaired) electrons. The van der Waals surface area contributed by atoms with E-state index in [4.69, 9.17) is 9.47 Å². The van der Waals surface area contributed by atoms with Gasteiger partial charge in [0, 0.05) is 10.9 Å². The van der Waals surface area contributed by atoms with E-state index in [0.717, 1.165) is 22.3 Å². The van der Waals surface area contributed by atoms with Crippen LogP contribution in [0.1, 0.15) is 24.2 Å². The third-order valence-corrected chi connectivity index (χ3v) is 4.00. The molecule has 3 aromatic carbocycles. The SMILES string of the molecule is CC(C)Oc1ccc(C(=O)NCC#CCOc2cccc3ccccc23)cc1. The van der Waals surface area contributed by atoms with Gasteiger partial charge in [0.1, 0.15) is 18.1 Å². The fourth-order valence-electron chi connectivity index (χ4n) is 2.73. The van der Waals surface area contributed by atoms with Crippen LogP contribution in [0.25, 0.3) is 10.8 Å². The van der Waals surface area contributed by atoms with Crippen LogP contribution in [0.15, 0.2) is 66.7 Å². The van der Waals surface area contributed by atoms with Gasteiger partial charge in [-0.3, -0.25) is 4.79 Å². The van der Waals surface area contributed by atoms with Crippen molar-refractivity contribution in [1.82, 2.24) is 5.32 Å². The molecule has 0 aromatic heterocycles. The largest absolute Gasteiger partial charge is 0.491 e. The van der Waals surface area contributed by atoms with Gasteiger partial charge in [0.15, 0.2) is 0 Å². The van der Waals surface area contributed by atoms with Crippen molar-refractivity contribution in [2.24, 2.45) is 0 Å². The highest BCUT2D eigenvalue weighted by Gasteiger charge is 2.05. The molecule has 0 saturated heterocycles. The number of carbonyl (C=O) groups excluding carboxylic acids is 1. The Morgan fingerprint density at radius 3 is 2.50 bits per heavy atom. The predicted molar refractivity (Wildman–Crippen MR) is 112 cm³/mol. The predicted octanol–water partition coefficient (Wildman–Crippen LogP) is 4.44. The fraction of sp³-hybridized carbons (Fsp3) is 0.208. The normalized spacial score (nSPS) is 10.2. The number of amides is 1. The maximum Gasteiger partial charge on any atom is 0.252 e. The molecule has 28 heavy (non-hydrogen) atoms. The Hall–Kier alpha value is -3.45. The summed E-state index contributed by atoms with van der Waals surface area (Å²) < 4.78 is 11.3. The summed E-state index contributed by atoms with van der Waals surface area (Å²) in [6.07, 6.45) is 0.103. The molecule has 142 valence electrons. The van der Waals surface area contributed by atoms with Crippen molar-refractivity contribution in [2.75, 3.05) is 13.2 Å². The summed E-state index contributed by atoms with van der Waals surface area (Å²) in [4.78, 5) is 12.1. The molecule has 3 rings (SSSR count). The second-order valence-corrected chi connectivity index (χ2v) is 6.49. The number of ether oxygens (including phenoxy) is 2. The Morgan fingerprint density at radius 2 is 1.71 bits per heavy atom. The third kappa shape index (κ3) is 5.28. The number of carbonyl (C=O) groups is 1. The molecule has 0 aliphatic carbocycles. The van der Waals surface area contributed by atoms with Gasteiger partial charge < -0.3 is 14.8 Å². The minimum absolute atomic E-state index is 0.103. The van der Waals surface area contributed by atoms with E-state index >= 15 is 0 Å². The number of hydrogen-bond acceptors (Lipinski definition) is 3. The van der Waals surface area contributed by atoms with E-state index in [1.165, 1.54) is 0 Å². The smallest absolute Gasteiger partial charge is 0.252 e. The summed E-state index contributed by atoms with van der Waals surface area (Å²) in [6, 6.07) is 21.1. The zero-order chi connectivity index (χ0) is 19.8. The zero-order valence-electron chi connectivity index (χ0n) is 16.1. The van der Waals surface area contributed by atoms with Gasteiger partial charge in [-0.05, 0) is 49.6 Å². The number of hydrogen-bond donors (Lipinski definition) is 1. The fourth-order valence-corrected chi connectivity index (χ4v) is 2.73. The van der Waals surface area contributed by atoms with Crippen LogP contribution >= 0.6 is 0 Å². The molecule has 0 atom stereocenters. The quantitative estimate of drug-likeness (QED) is 0.650. The second-order valence-electron chi connectivity index (χ2n) is 6.49. The van der Waals surface area contributed by atoms with Crippen LogP contribution in [0.4, 0.5) is 0 Å². The molecule has 0 saturated carbocycles. The first kappa shape index (κ1) is 19.3. The summed E-state index contributed by atoms with van der Waals surface area (Å²) >= 11 is 0. The highest BCUT2D eigenvalue weighted by atomic mass is 16.5. The van der Waals surface area contributed by atoms with Crippen LogP contribution in [0.5, 0.6) is 11.5 Å². The Balaban J connectivity index is 1.46. The molecule has 0 spiro atoms. The maximum absolute atomic E-state index is 12.1. The molecule has 3 aromatic rings. The monoisotopic (exact) mass is 373 g/mol. The first-order valence-corrected chi connectivity index (χ1v) is 9.24. The Morgan fingerprint density at radius 1 is 0.964 bits per heavy atom. The maximum atomic E-state index is 12.1. The molecular formula is C24H23NO3. The van der Waals surface area contributed by atoms with E-state index in [1.54, 1.807) is 24.3 Å². The van der Waals surface area contributed by atoms with Gasteiger partial charge >= 0.3 is 0 Å². The van der Waals surface area contributed by atoms with Crippen LogP contribution in [0.3, 0.4) is 0 Å². The highest BCUT2D eigenvalue weighted by molar-refractivity contribution is 5.94. The zero-order valence-corrected chi connectivity index (χ0v) is 16.1. The number of benzene rings is 3. The van der Waals surface area contributed by atoms with Crippen LogP contribution in [-0.2, 0) is 0 Å². The van der Waals surface area contributed by atoms with Crippen molar-refractivity contribution in [3.63, 3.8) is 0 Å². The summed E-state index contributed by atoms with van der Waals surface area (Å²) in [6.45, 7) is 4.46. The van der Waals surface area contributed by atoms with Gasteiger partial charge in [-0.25, -0.2) is 0 Å². The van der Waals surface area contributed by atoms with E-state index in [9.17, 15) is 4.79 Å². The van der Waals surface area contributed by atoms with Gasteiger partial charge in [0.2, 0.25) is 0 Å². The van der Waals surface area contributed by atoms with E-state index in [-0.39, 0.29) is 25.2 Å². The van der Waals surface area contributed by atoms with Crippen molar-refractivity contribution < 1.29 is 14.3 Å². The lowest BCUT2D eigenvalue weighted by Gasteiger charge is -2.09. The van der Waals surface area contributed by atoms with Gasteiger partial charge in [-0.2, -0.15) is 0 Å². The molecule has 0 fully saturated rings. The van der Waals surface area contributed by atoms with E-state index in [1.807, 2.05) is 56.3 Å². The van der Waals surface area contributed by atoms with Gasteiger partial charge in [-0.15, -0.1) is 0 Å². The standard InChI is InChI=1S/C24H23NO3/c1-18(2)28-21-14-12-20(13-15-21)24(26)25-16-5-6-17-27-23-11-7-9-19-8-3-4-10-22(19)23/h3-4,7-15,18H,16-17H2,1-2H3,(H,25,26). The summed E-state index contributed by atoms with van der Waals surface area (Å²) in [5, 5.41) is 4.97. The van der Waals surface area contributed by atoms with Crippen LogP contribution in [0, 0.1) is 11.8 Å². The molecular weight excluding hydrogens is 350 g/mol. The van der Waals surface area contributed by atoms with Crippen molar-refractivity contribution in [3.05, 3.63) is 72.3 Å². The number of rotatable bonds is 6. The van der Waals surface area contributed by atoms with Gasteiger partial charge in [-0.1, -0.05) is 48.2 Å².